The predicted octanol–water partition coefficient (Wildman–Crippen LogP) is 18.0. The number of hydrogen-bond donors (Lipinski definition) is 3. The van der Waals surface area contributed by atoms with Crippen molar-refractivity contribution < 1.29 is 89.3 Å². The van der Waals surface area contributed by atoms with Crippen LogP contribution in [0, 0.1) is 23.7 Å². The lowest BCUT2D eigenvalue weighted by molar-refractivity contribution is -0.142. The van der Waals surface area contributed by atoms with Crippen molar-refractivity contribution >= 4 is 72.4 Å². The van der Waals surface area contributed by atoms with Gasteiger partial charge in [-0.05, 0) is 285 Å². The Balaban J connectivity index is 0.000000371. The number of carbonyl (C=O) groups is 3. The fraction of sp³-hybridized carbons (Fsp3) is 0.671. The smallest absolute Gasteiger partial charge is 0.433 e. The first kappa shape index (κ1) is 96.2. The van der Waals surface area contributed by atoms with Crippen molar-refractivity contribution in [1.29, 1.82) is 0 Å². The van der Waals surface area contributed by atoms with Crippen molar-refractivity contribution in [3.05, 3.63) is 112 Å². The summed E-state index contributed by atoms with van der Waals surface area (Å²) >= 11 is 2.84. The second-order valence-electron chi connectivity index (χ2n) is 33.5. The number of ether oxygens (including phenoxy) is 3. The van der Waals surface area contributed by atoms with Gasteiger partial charge in [0.25, 0.3) is 10.0 Å². The maximum Gasteiger partial charge on any atom is 0.433 e. The van der Waals surface area contributed by atoms with Crippen LogP contribution in [0.3, 0.4) is 0 Å². The van der Waals surface area contributed by atoms with Gasteiger partial charge in [-0.3, -0.25) is 0 Å². The fourth-order valence-electron chi connectivity index (χ4n) is 11.5. The summed E-state index contributed by atoms with van der Waals surface area (Å²) in [5, 5.41) is 4.21. The van der Waals surface area contributed by atoms with Crippen LogP contribution in [-0.4, -0.2) is 139 Å². The largest absolute Gasteiger partial charge is 0.444 e. The highest BCUT2D eigenvalue weighted by Gasteiger charge is 2.46. The Hall–Kier alpha value is -6.01. The predicted molar refractivity (Wildman–Crippen MR) is 401 cm³/mol. The fourth-order valence-corrected chi connectivity index (χ4v) is 13.8. The average Bonchev–Trinajstić information content (AvgIpc) is 1.66. The lowest BCUT2D eigenvalue weighted by Gasteiger charge is -2.33. The quantitative estimate of drug-likeness (QED) is 0.0432. The molecule has 3 saturated heterocycles. The van der Waals surface area contributed by atoms with Crippen LogP contribution in [0.15, 0.2) is 86.8 Å². The van der Waals surface area contributed by atoms with E-state index in [1.807, 2.05) is 116 Å². The van der Waals surface area contributed by atoms with Gasteiger partial charge in [0.2, 0.25) is 5.95 Å². The SMILES string of the molecule is CC(C)(C)OC(=O)N1C[C@@H](CCC(N)c2cccc(C(F)(F)F)n2)CC1(C)C.CC(C)(C)OC(=O)N1C[C@@H](CCC(NS(=O)C(C)(C)C)c2cccc(C(F)(F)F)n2)CC1(C)C.CC(C)(C)OC(=O)N1C[C@@H](CCC=NS(=O)C(C)(C)C)CC1(C)C.FC(F)(F)c1cccc(Br)n1.NS(=O)(=O)c1cccc(F)n1. The van der Waals surface area contributed by atoms with Crippen molar-refractivity contribution in [2.24, 2.45) is 33.0 Å². The maximum absolute atomic E-state index is 13.2. The summed E-state index contributed by atoms with van der Waals surface area (Å²) in [6.45, 7) is 41.6. The number of alkyl halides is 9. The summed E-state index contributed by atoms with van der Waals surface area (Å²) in [5.41, 5.74) is 1.15. The summed E-state index contributed by atoms with van der Waals surface area (Å²) in [5.74, 6) is -0.112. The molecule has 4 aromatic heterocycles. The van der Waals surface area contributed by atoms with Crippen molar-refractivity contribution in [2.45, 2.75) is 282 Å². The summed E-state index contributed by atoms with van der Waals surface area (Å²) in [7, 11) is -6.57. The van der Waals surface area contributed by atoms with Gasteiger partial charge in [-0.1, -0.05) is 24.3 Å². The Labute approximate surface area is 643 Å². The zero-order chi connectivity index (χ0) is 83.2. The molecule has 7 rings (SSSR count). The number of likely N-dealkylation sites (tertiary alicyclic amines) is 3. The van der Waals surface area contributed by atoms with E-state index in [0.717, 1.165) is 62.4 Å². The van der Waals surface area contributed by atoms with Gasteiger partial charge in [-0.15, -0.1) is 0 Å². The van der Waals surface area contributed by atoms with E-state index in [1.54, 1.807) is 36.8 Å². The van der Waals surface area contributed by atoms with Gasteiger partial charge in [-0.2, -0.15) is 48.3 Å². The normalized spacial score (nSPS) is 19.4. The van der Waals surface area contributed by atoms with Crippen LogP contribution < -0.4 is 15.6 Å². The minimum atomic E-state index is -4.56. The number of amides is 3. The van der Waals surface area contributed by atoms with E-state index in [4.69, 9.17) is 19.9 Å². The molecule has 0 bridgehead atoms. The number of hydrogen-bond acceptors (Lipinski definition) is 15. The molecular weight excluding hydrogens is 1560 g/mol. The van der Waals surface area contributed by atoms with Crippen LogP contribution in [0.2, 0.25) is 0 Å². The van der Waals surface area contributed by atoms with Crippen LogP contribution in [0.25, 0.3) is 0 Å². The molecule has 108 heavy (non-hydrogen) atoms. The number of rotatable bonds is 15. The van der Waals surface area contributed by atoms with Gasteiger partial charge in [0.1, 0.15) is 49.5 Å². The number of carbonyl (C=O) groups excluding carboxylic acids is 3. The van der Waals surface area contributed by atoms with E-state index in [2.05, 4.69) is 64.0 Å². The van der Waals surface area contributed by atoms with E-state index in [0.29, 0.717) is 51.2 Å². The molecule has 7 atom stereocenters. The van der Waals surface area contributed by atoms with Gasteiger partial charge >= 0.3 is 36.8 Å². The Bertz CT molecular complexity index is 3820. The number of halogens is 11. The molecule has 3 aliphatic rings. The molecule has 5 N–H and O–H groups in total. The first-order chi connectivity index (χ1) is 48.7. The molecule has 3 aliphatic heterocycles. The van der Waals surface area contributed by atoms with Crippen LogP contribution in [0.4, 0.5) is 58.3 Å². The third-order valence-corrected chi connectivity index (χ3v) is 20.8. The van der Waals surface area contributed by atoms with Crippen molar-refractivity contribution in [3.8, 4) is 0 Å². The van der Waals surface area contributed by atoms with Gasteiger partial charge in [0.05, 0.1) is 37.9 Å². The second-order valence-corrected chi connectivity index (χ2v) is 39.8. The molecule has 7 heterocycles. The van der Waals surface area contributed by atoms with Crippen molar-refractivity contribution in [3.63, 3.8) is 0 Å². The van der Waals surface area contributed by atoms with Crippen molar-refractivity contribution in [1.82, 2.24) is 39.4 Å². The molecule has 35 heteroatoms. The number of primary sulfonamides is 1. The number of sulfonamides is 1. The summed E-state index contributed by atoms with van der Waals surface area (Å²) in [6.07, 6.45) is -6.16. The molecule has 0 aromatic carbocycles. The average molecular weight is 1670 g/mol. The molecule has 21 nitrogen and oxygen atoms in total. The van der Waals surface area contributed by atoms with Crippen LogP contribution >= 0.6 is 15.9 Å². The Kier molecular flexibility index (Phi) is 33.9. The second kappa shape index (κ2) is 38.0. The maximum atomic E-state index is 13.2. The third kappa shape index (κ3) is 33.5. The Morgan fingerprint density at radius 2 is 0.926 bits per heavy atom. The monoisotopic (exact) mass is 1670 g/mol. The lowest BCUT2D eigenvalue weighted by Crippen LogP contribution is -2.45. The molecule has 0 saturated carbocycles. The van der Waals surface area contributed by atoms with E-state index in [-0.39, 0.29) is 61.9 Å². The van der Waals surface area contributed by atoms with Crippen LogP contribution in [0.1, 0.15) is 244 Å². The van der Waals surface area contributed by atoms with E-state index in [9.17, 15) is 75.1 Å². The molecule has 0 radical (unpaired) electrons. The highest BCUT2D eigenvalue weighted by Crippen LogP contribution is 2.41. The minimum Gasteiger partial charge on any atom is -0.444 e. The highest BCUT2D eigenvalue weighted by molar-refractivity contribution is 9.10. The summed E-state index contributed by atoms with van der Waals surface area (Å²) < 4.78 is 195. The topological polar surface area (TPSA) is 285 Å². The lowest BCUT2D eigenvalue weighted by atomic mass is 9.91. The van der Waals surface area contributed by atoms with E-state index in [1.165, 1.54) is 42.5 Å². The summed E-state index contributed by atoms with van der Waals surface area (Å²) in [4.78, 5) is 56.7. The summed E-state index contributed by atoms with van der Waals surface area (Å²) in [6, 6.07) is 13.4. The number of nitrogens with one attached hydrogen (secondary N) is 1. The molecular formula is C73H110BrF10N11O10S3. The van der Waals surface area contributed by atoms with E-state index < -0.39 is 118 Å². The molecule has 3 fully saturated rings. The van der Waals surface area contributed by atoms with Gasteiger partial charge in [0.15, 0.2) is 5.03 Å². The van der Waals surface area contributed by atoms with Crippen molar-refractivity contribution in [2.75, 3.05) is 19.6 Å². The Morgan fingerprint density at radius 3 is 1.27 bits per heavy atom. The Morgan fingerprint density at radius 1 is 0.565 bits per heavy atom. The van der Waals surface area contributed by atoms with Gasteiger partial charge < -0.3 is 34.6 Å². The van der Waals surface area contributed by atoms with Crippen LogP contribution in [0.5, 0.6) is 0 Å². The van der Waals surface area contributed by atoms with Gasteiger partial charge in [0, 0.05) is 48.5 Å². The molecule has 4 aromatic rings. The number of nitrogens with zero attached hydrogens (tertiary/aromatic N) is 8. The third-order valence-electron chi connectivity index (χ3n) is 16.5. The molecule has 0 aliphatic carbocycles. The zero-order valence-electron chi connectivity index (χ0n) is 65.6. The number of nitrogens with two attached hydrogens (primary N) is 2. The first-order valence-corrected chi connectivity index (χ1v) is 39.6. The standard InChI is InChI=1S/C24H38F3N3O3S.C20H30F3N3O2.C18H34N2O3S.C6H3BrF3N.C5H5FN2O2S/c1-21(2,3)33-20(31)30-15-16(14-23(30,7)8)12-13-18(29-34(32)22(4,5)6)17-10-9-11-19(28-17)24(25,26)27;1-18(2,3)28-17(27)26-12-13(11-19(26,4)5)9-10-14(24)15-7-6-8-16(25-15)20(21,22)23;1-16(2,3)23-15(21)20-13-14(12-18(20,7)8)10-9-11-19-24(22)17(4,5)6;7-5-3-1-2-4(11-5)6(8,9)10;6-4-2-1-3-5(8-4)11(7,9)10/h9-11,16,18,29H,12-15H2,1-8H3;6-8,13-14H,9-12,24H2,1-5H3;11,14H,9-10,12-13H2,1-8H3;1-3H;1-3H,(H2,7,9,10)/t16-,18?,34?;13-,14?;14-,24?;;/m000../s1. The van der Waals surface area contributed by atoms with E-state index >= 15 is 0 Å². The van der Waals surface area contributed by atoms with Crippen LogP contribution in [-0.2, 0) is 64.7 Å². The first-order valence-electron chi connectivity index (χ1n) is 35.0. The number of pyridine rings is 4. The number of aromatic nitrogens is 4. The molecule has 612 valence electrons. The zero-order valence-corrected chi connectivity index (χ0v) is 69.6. The highest BCUT2D eigenvalue weighted by atomic mass is 79.9. The molecule has 0 spiro atoms. The molecule has 3 amide bonds. The minimum absolute atomic E-state index is 0.126. The molecule has 4 unspecified atom stereocenters. The van der Waals surface area contributed by atoms with Gasteiger partial charge in [-0.25, -0.2) is 61.0 Å².